The molecular weight excluding hydrogens is 624 g/mol. The number of carboxylic acids is 1. The highest BCUT2D eigenvalue weighted by molar-refractivity contribution is 7.98. The molecule has 0 spiro atoms. The summed E-state index contributed by atoms with van der Waals surface area (Å²) in [5, 5.41) is 10.0. The van der Waals surface area contributed by atoms with E-state index in [1.807, 2.05) is 30.3 Å². The van der Waals surface area contributed by atoms with E-state index in [0.717, 1.165) is 65.2 Å². The van der Waals surface area contributed by atoms with Gasteiger partial charge in [-0.15, -0.1) is 23.1 Å². The number of anilines is 1. The van der Waals surface area contributed by atoms with E-state index in [1.165, 1.54) is 37.3 Å². The van der Waals surface area contributed by atoms with Crippen molar-refractivity contribution in [1.29, 1.82) is 0 Å². The number of nitrogens with zero attached hydrogens (tertiary/aromatic N) is 3. The van der Waals surface area contributed by atoms with Crippen LogP contribution in [0.1, 0.15) is 30.0 Å². The molecule has 1 aromatic heterocycles. The Hall–Kier alpha value is -3.74. The van der Waals surface area contributed by atoms with Crippen LogP contribution >= 0.6 is 23.1 Å². The van der Waals surface area contributed by atoms with Gasteiger partial charge in [-0.25, -0.2) is 9.78 Å². The van der Waals surface area contributed by atoms with Gasteiger partial charge >= 0.3 is 12.1 Å². The van der Waals surface area contributed by atoms with Gasteiger partial charge in [0.2, 0.25) is 0 Å². The molecule has 3 aromatic carbocycles. The van der Waals surface area contributed by atoms with Crippen molar-refractivity contribution in [2.24, 2.45) is 0 Å². The number of carbonyl (C=O) groups is 1. The molecule has 1 fully saturated rings. The first-order chi connectivity index (χ1) is 21.4. The summed E-state index contributed by atoms with van der Waals surface area (Å²) in [5.74, 6) is 0.872. The molecule has 5 rings (SSSR count). The Bertz CT molecular complexity index is 1600. The summed E-state index contributed by atoms with van der Waals surface area (Å²) in [6.07, 6.45) is -4.40. The third-order valence-corrected chi connectivity index (χ3v) is 9.86. The van der Waals surface area contributed by atoms with Gasteiger partial charge in [-0.2, -0.15) is 13.2 Å². The van der Waals surface area contributed by atoms with Crippen LogP contribution in [0, 0.1) is 0 Å². The summed E-state index contributed by atoms with van der Waals surface area (Å²) in [5.41, 5.74) is 0.591. The van der Waals surface area contributed by atoms with E-state index < -0.39 is 23.3 Å². The number of hydrogen-bond acceptors (Lipinski definition) is 8. The molecule has 0 bridgehead atoms. The molecule has 0 radical (unpaired) electrons. The number of piperazine rings is 1. The van der Waals surface area contributed by atoms with Gasteiger partial charge in [0.15, 0.2) is 5.60 Å². The van der Waals surface area contributed by atoms with E-state index >= 15 is 0 Å². The number of thiazole rings is 1. The molecule has 1 aliphatic heterocycles. The molecule has 2 heterocycles. The first-order valence-electron chi connectivity index (χ1n) is 14.3. The fourth-order valence-corrected chi connectivity index (χ4v) is 6.96. The first kappa shape index (κ1) is 32.6. The van der Waals surface area contributed by atoms with Crippen molar-refractivity contribution in [3.8, 4) is 22.1 Å². The maximum Gasteiger partial charge on any atom is 0.416 e. The van der Waals surface area contributed by atoms with Crippen LogP contribution in [0.25, 0.3) is 10.6 Å². The number of aromatic nitrogens is 1. The van der Waals surface area contributed by atoms with Crippen LogP contribution < -0.4 is 14.4 Å². The molecule has 1 aliphatic rings. The molecule has 0 saturated carbocycles. The van der Waals surface area contributed by atoms with Gasteiger partial charge in [0, 0.05) is 53.8 Å². The third-order valence-electron chi connectivity index (χ3n) is 7.49. The summed E-state index contributed by atoms with van der Waals surface area (Å²) in [6, 6.07) is 20.4. The Balaban J connectivity index is 1.31. The van der Waals surface area contributed by atoms with Crippen LogP contribution in [0.2, 0.25) is 0 Å². The maximum absolute atomic E-state index is 13.2. The fraction of sp³-hybridized carbons (Fsp3) is 0.333. The normalized spacial score (nSPS) is 14.4. The summed E-state index contributed by atoms with van der Waals surface area (Å²) in [4.78, 5) is 23.0. The standard InChI is InChI=1S/C33H34F3N3O4S2/c1-32(2,31(40)41)43-24-12-14-25(15-13-24)44-21-29-26(37-30(45-29)22-8-10-23(11-9-22)33(34,35)36)20-38-16-18-39(19-17-38)27-6-4-5-7-28(27)42-3/h4-15H,16-21H2,1-3H3,(H,40,41). The van der Waals surface area contributed by atoms with Gasteiger partial charge in [-0.3, -0.25) is 4.90 Å². The van der Waals surface area contributed by atoms with Crippen molar-refractivity contribution in [3.63, 3.8) is 0 Å². The van der Waals surface area contributed by atoms with Crippen molar-refractivity contribution in [1.82, 2.24) is 9.88 Å². The second-order valence-electron chi connectivity index (χ2n) is 11.1. The third kappa shape index (κ3) is 8.11. The number of rotatable bonds is 11. The highest BCUT2D eigenvalue weighted by Crippen LogP contribution is 2.36. The van der Waals surface area contributed by atoms with Crippen LogP contribution in [-0.2, 0) is 23.3 Å². The Kier molecular flexibility index (Phi) is 9.95. The number of thioether (sulfide) groups is 1. The highest BCUT2D eigenvalue weighted by atomic mass is 32.2. The van der Waals surface area contributed by atoms with Crippen molar-refractivity contribution in [2.45, 2.75) is 42.8 Å². The van der Waals surface area contributed by atoms with Crippen molar-refractivity contribution in [3.05, 3.63) is 88.9 Å². The molecule has 0 unspecified atom stereocenters. The monoisotopic (exact) mass is 657 g/mol. The summed E-state index contributed by atoms with van der Waals surface area (Å²) in [6.45, 7) is 6.93. The van der Waals surface area contributed by atoms with E-state index in [4.69, 9.17) is 14.5 Å². The Labute approximate surface area is 268 Å². The topological polar surface area (TPSA) is 75.1 Å². The minimum atomic E-state index is -4.40. The number of halogens is 3. The molecule has 1 N–H and O–H groups in total. The lowest BCUT2D eigenvalue weighted by Crippen LogP contribution is -2.46. The minimum Gasteiger partial charge on any atom is -0.495 e. The fourth-order valence-electron chi connectivity index (χ4n) is 4.89. The Morgan fingerprint density at radius 3 is 2.27 bits per heavy atom. The molecule has 0 amide bonds. The summed E-state index contributed by atoms with van der Waals surface area (Å²) >= 11 is 3.10. The molecule has 12 heteroatoms. The van der Waals surface area contributed by atoms with Gasteiger partial charge < -0.3 is 19.5 Å². The van der Waals surface area contributed by atoms with Crippen LogP contribution in [0.3, 0.4) is 0 Å². The highest BCUT2D eigenvalue weighted by Gasteiger charge is 2.31. The molecule has 0 aliphatic carbocycles. The second kappa shape index (κ2) is 13.7. The van der Waals surface area contributed by atoms with Crippen molar-refractivity contribution >= 4 is 34.8 Å². The predicted octanol–water partition coefficient (Wildman–Crippen LogP) is 7.69. The minimum absolute atomic E-state index is 0.460. The SMILES string of the molecule is COc1ccccc1N1CCN(Cc2nc(-c3ccc(C(F)(F)F)cc3)sc2CSc2ccc(OC(C)(C)C(=O)O)cc2)CC1. The number of alkyl halides is 3. The van der Waals surface area contributed by atoms with E-state index in [1.54, 1.807) is 31.0 Å². The van der Waals surface area contributed by atoms with Gasteiger partial charge in [-0.1, -0.05) is 24.3 Å². The molecule has 238 valence electrons. The number of methoxy groups -OCH3 is 1. The lowest BCUT2D eigenvalue weighted by atomic mass is 10.1. The second-order valence-corrected chi connectivity index (χ2v) is 13.2. The van der Waals surface area contributed by atoms with Crippen LogP contribution in [-0.4, -0.2) is 59.8 Å². The molecule has 4 aromatic rings. The number of benzene rings is 3. The average Bonchev–Trinajstić information content (AvgIpc) is 3.43. The van der Waals surface area contributed by atoms with Gasteiger partial charge in [0.1, 0.15) is 16.5 Å². The van der Waals surface area contributed by atoms with E-state index in [2.05, 4.69) is 15.9 Å². The predicted molar refractivity (Wildman–Crippen MR) is 171 cm³/mol. The lowest BCUT2D eigenvalue weighted by Gasteiger charge is -2.36. The largest absolute Gasteiger partial charge is 0.495 e. The van der Waals surface area contributed by atoms with E-state index in [-0.39, 0.29) is 0 Å². The zero-order valence-corrected chi connectivity index (χ0v) is 26.8. The van der Waals surface area contributed by atoms with Crippen molar-refractivity contribution in [2.75, 3.05) is 38.2 Å². The molecule has 45 heavy (non-hydrogen) atoms. The quantitative estimate of drug-likeness (QED) is 0.165. The number of hydrogen-bond donors (Lipinski definition) is 1. The van der Waals surface area contributed by atoms with Crippen LogP contribution in [0.5, 0.6) is 11.5 Å². The summed E-state index contributed by atoms with van der Waals surface area (Å²) in [7, 11) is 1.67. The maximum atomic E-state index is 13.2. The Morgan fingerprint density at radius 2 is 1.64 bits per heavy atom. The van der Waals surface area contributed by atoms with Crippen molar-refractivity contribution < 1.29 is 32.5 Å². The van der Waals surface area contributed by atoms with Gasteiger partial charge in [0.05, 0.1) is 24.1 Å². The van der Waals surface area contributed by atoms with Gasteiger partial charge in [-0.05, 0) is 62.4 Å². The lowest BCUT2D eigenvalue weighted by molar-refractivity contribution is -0.152. The van der Waals surface area contributed by atoms with E-state index in [0.29, 0.717) is 28.6 Å². The van der Waals surface area contributed by atoms with Crippen LogP contribution in [0.15, 0.2) is 77.7 Å². The average molecular weight is 658 g/mol. The number of ether oxygens (including phenoxy) is 2. The number of para-hydroxylation sites is 2. The zero-order valence-electron chi connectivity index (χ0n) is 25.1. The smallest absolute Gasteiger partial charge is 0.416 e. The molecule has 1 saturated heterocycles. The number of aliphatic carboxylic acids is 1. The van der Waals surface area contributed by atoms with E-state index in [9.17, 15) is 23.1 Å². The van der Waals surface area contributed by atoms with Crippen LogP contribution in [0.4, 0.5) is 18.9 Å². The molecule has 7 nitrogen and oxygen atoms in total. The Morgan fingerprint density at radius 1 is 0.978 bits per heavy atom. The summed E-state index contributed by atoms with van der Waals surface area (Å²) < 4.78 is 50.7. The molecule has 0 atom stereocenters. The number of carboxylic acid groups (broad SMARTS) is 1. The molecular formula is C33H34F3N3O4S2. The first-order valence-corrected chi connectivity index (χ1v) is 16.1. The zero-order chi connectivity index (χ0) is 32.2. The van der Waals surface area contributed by atoms with Gasteiger partial charge in [0.25, 0.3) is 0 Å².